The predicted molar refractivity (Wildman–Crippen MR) is 102 cm³/mol. The van der Waals surface area contributed by atoms with Gasteiger partial charge < -0.3 is 10.1 Å². The van der Waals surface area contributed by atoms with Gasteiger partial charge >= 0.3 is 5.97 Å². The number of hydrogen-bond donors (Lipinski definition) is 1. The number of aryl methyl sites for hydroxylation is 1. The molecule has 1 atom stereocenters. The number of nitrogens with one attached hydrogen (secondary N) is 1. The van der Waals surface area contributed by atoms with Gasteiger partial charge in [-0.2, -0.15) is 0 Å². The van der Waals surface area contributed by atoms with Gasteiger partial charge in [0, 0.05) is 5.41 Å². The van der Waals surface area contributed by atoms with Crippen LogP contribution in [0.2, 0.25) is 0 Å². The molecule has 0 heterocycles. The highest BCUT2D eigenvalue weighted by atomic mass is 16.5. The molecule has 0 saturated carbocycles. The van der Waals surface area contributed by atoms with Gasteiger partial charge in [-0.1, -0.05) is 65.0 Å². The number of hydrogen-bond acceptors (Lipinski definition) is 4. The first-order valence-corrected chi connectivity index (χ1v) is 9.25. The zero-order valence-corrected chi connectivity index (χ0v) is 16.5. The van der Waals surface area contributed by atoms with Crippen LogP contribution in [0.1, 0.15) is 53.0 Å². The highest BCUT2D eigenvalue weighted by molar-refractivity contribution is 6.38. The number of carbonyl (C=O) groups is 3. The molecule has 1 amide bonds. The van der Waals surface area contributed by atoms with E-state index >= 15 is 0 Å². The standard InChI is InChI=1S/C21H31NO4/c1-6-21(4,5)18(23)19(24)22-17(15(2)3)20(25)26-14-10-13-16-11-8-7-9-12-16/h7-9,11-12,15,17H,6,10,13-14H2,1-5H3,(H,22,24)/t17-/m0/s1. The fraction of sp³-hybridized carbons (Fsp3) is 0.571. The molecule has 0 spiro atoms. The van der Waals surface area contributed by atoms with Crippen molar-refractivity contribution in [2.75, 3.05) is 6.61 Å². The Kier molecular flexibility index (Phi) is 8.49. The second kappa shape index (κ2) is 10.1. The Labute approximate surface area is 156 Å². The van der Waals surface area contributed by atoms with Crippen molar-refractivity contribution in [3.63, 3.8) is 0 Å². The number of amides is 1. The summed E-state index contributed by atoms with van der Waals surface area (Å²) in [6.45, 7) is 9.20. The SMILES string of the molecule is CCC(C)(C)C(=O)C(=O)N[C@H](C(=O)OCCCc1ccccc1)C(C)C. The zero-order valence-electron chi connectivity index (χ0n) is 16.5. The van der Waals surface area contributed by atoms with E-state index in [1.165, 1.54) is 5.56 Å². The molecular weight excluding hydrogens is 330 g/mol. The van der Waals surface area contributed by atoms with E-state index in [4.69, 9.17) is 4.74 Å². The average Bonchev–Trinajstić information content (AvgIpc) is 2.62. The molecular formula is C21H31NO4. The minimum absolute atomic E-state index is 0.168. The molecule has 1 rings (SSSR count). The van der Waals surface area contributed by atoms with Crippen molar-refractivity contribution in [3.05, 3.63) is 35.9 Å². The van der Waals surface area contributed by atoms with Crippen molar-refractivity contribution in [1.82, 2.24) is 5.32 Å². The molecule has 0 radical (unpaired) electrons. The van der Waals surface area contributed by atoms with Crippen LogP contribution in [0.5, 0.6) is 0 Å². The molecule has 1 aromatic rings. The molecule has 26 heavy (non-hydrogen) atoms. The Hall–Kier alpha value is -2.17. The fourth-order valence-corrected chi connectivity index (χ4v) is 2.36. The topological polar surface area (TPSA) is 72.5 Å². The molecule has 0 bridgehead atoms. The van der Waals surface area contributed by atoms with Gasteiger partial charge in [-0.25, -0.2) is 4.79 Å². The first-order valence-electron chi connectivity index (χ1n) is 9.25. The second-order valence-corrected chi connectivity index (χ2v) is 7.52. The van der Waals surface area contributed by atoms with Gasteiger partial charge in [0.1, 0.15) is 6.04 Å². The zero-order chi connectivity index (χ0) is 19.7. The minimum atomic E-state index is -0.823. The number of carbonyl (C=O) groups excluding carboxylic acids is 3. The summed E-state index contributed by atoms with van der Waals surface area (Å²) in [6.07, 6.45) is 2.07. The van der Waals surface area contributed by atoms with Crippen molar-refractivity contribution in [3.8, 4) is 0 Å². The molecule has 0 unspecified atom stereocenters. The molecule has 0 aliphatic heterocycles. The van der Waals surface area contributed by atoms with Crippen molar-refractivity contribution in [2.24, 2.45) is 11.3 Å². The molecule has 1 N–H and O–H groups in total. The number of ketones is 1. The number of esters is 1. The summed E-state index contributed by atoms with van der Waals surface area (Å²) < 4.78 is 5.31. The lowest BCUT2D eigenvalue weighted by molar-refractivity contribution is -0.151. The molecule has 1 aromatic carbocycles. The van der Waals surface area contributed by atoms with Gasteiger partial charge in [-0.3, -0.25) is 9.59 Å². The third-order valence-electron chi connectivity index (χ3n) is 4.61. The van der Waals surface area contributed by atoms with Gasteiger partial charge in [0.25, 0.3) is 5.91 Å². The van der Waals surface area contributed by atoms with Gasteiger partial charge in [-0.05, 0) is 30.7 Å². The molecule has 0 aromatic heterocycles. The molecule has 5 heteroatoms. The Morgan fingerprint density at radius 2 is 1.73 bits per heavy atom. The largest absolute Gasteiger partial charge is 0.464 e. The van der Waals surface area contributed by atoms with E-state index in [0.717, 1.165) is 6.42 Å². The van der Waals surface area contributed by atoms with E-state index in [0.29, 0.717) is 12.8 Å². The summed E-state index contributed by atoms with van der Waals surface area (Å²) >= 11 is 0. The molecule has 0 aliphatic rings. The summed E-state index contributed by atoms with van der Waals surface area (Å²) in [4.78, 5) is 36.8. The lowest BCUT2D eigenvalue weighted by Gasteiger charge is -2.24. The van der Waals surface area contributed by atoms with Crippen LogP contribution >= 0.6 is 0 Å². The Morgan fingerprint density at radius 1 is 1.12 bits per heavy atom. The number of ether oxygens (including phenoxy) is 1. The monoisotopic (exact) mass is 361 g/mol. The highest BCUT2D eigenvalue weighted by Gasteiger charge is 2.34. The van der Waals surface area contributed by atoms with Crippen LogP contribution in [0.4, 0.5) is 0 Å². The Morgan fingerprint density at radius 3 is 2.27 bits per heavy atom. The maximum absolute atomic E-state index is 12.3. The minimum Gasteiger partial charge on any atom is -0.464 e. The third-order valence-corrected chi connectivity index (χ3v) is 4.61. The maximum Gasteiger partial charge on any atom is 0.328 e. The van der Waals surface area contributed by atoms with E-state index in [-0.39, 0.29) is 12.5 Å². The van der Waals surface area contributed by atoms with Crippen LogP contribution in [0.3, 0.4) is 0 Å². The van der Waals surface area contributed by atoms with Crippen LogP contribution < -0.4 is 5.32 Å². The summed E-state index contributed by atoms with van der Waals surface area (Å²) in [7, 11) is 0. The van der Waals surface area contributed by atoms with Crippen molar-refractivity contribution in [1.29, 1.82) is 0 Å². The van der Waals surface area contributed by atoms with E-state index in [1.54, 1.807) is 13.8 Å². The van der Waals surface area contributed by atoms with E-state index < -0.39 is 29.1 Å². The van der Waals surface area contributed by atoms with E-state index in [1.807, 2.05) is 51.1 Å². The predicted octanol–water partition coefficient (Wildman–Crippen LogP) is 3.31. The van der Waals surface area contributed by atoms with Gasteiger partial charge in [0.15, 0.2) is 0 Å². The van der Waals surface area contributed by atoms with Gasteiger partial charge in [0.05, 0.1) is 6.61 Å². The fourth-order valence-electron chi connectivity index (χ4n) is 2.36. The lowest BCUT2D eigenvalue weighted by Crippen LogP contribution is -2.50. The summed E-state index contributed by atoms with van der Waals surface area (Å²) in [5.74, 6) is -1.90. The van der Waals surface area contributed by atoms with E-state index in [9.17, 15) is 14.4 Å². The van der Waals surface area contributed by atoms with Crippen molar-refractivity contribution in [2.45, 2.75) is 59.9 Å². The third kappa shape index (κ3) is 6.62. The molecule has 0 aliphatic carbocycles. The van der Waals surface area contributed by atoms with Crippen molar-refractivity contribution >= 4 is 17.7 Å². The van der Waals surface area contributed by atoms with Crippen LogP contribution in [0, 0.1) is 11.3 Å². The van der Waals surface area contributed by atoms with Crippen molar-refractivity contribution < 1.29 is 19.1 Å². The quantitative estimate of drug-likeness (QED) is 0.394. The first kappa shape index (κ1) is 21.9. The van der Waals surface area contributed by atoms with Crippen LogP contribution in [0.15, 0.2) is 30.3 Å². The molecule has 0 saturated heterocycles. The number of benzene rings is 1. The summed E-state index contributed by atoms with van der Waals surface area (Å²) in [5, 5.41) is 2.55. The van der Waals surface area contributed by atoms with Crippen LogP contribution in [-0.2, 0) is 25.5 Å². The van der Waals surface area contributed by atoms with Gasteiger partial charge in [0.2, 0.25) is 5.78 Å². The second-order valence-electron chi connectivity index (χ2n) is 7.52. The average molecular weight is 361 g/mol. The first-order chi connectivity index (χ1) is 12.2. The van der Waals surface area contributed by atoms with Crippen LogP contribution in [0.25, 0.3) is 0 Å². The summed E-state index contributed by atoms with van der Waals surface area (Å²) in [5.41, 5.74) is 0.440. The normalized spacial score (nSPS) is 12.5. The van der Waals surface area contributed by atoms with Gasteiger partial charge in [-0.15, -0.1) is 0 Å². The number of Topliss-reactive ketones (excluding diaryl/α,β-unsaturated/α-hetero) is 1. The molecule has 0 fully saturated rings. The number of rotatable bonds is 10. The van der Waals surface area contributed by atoms with Crippen LogP contribution in [-0.4, -0.2) is 30.3 Å². The molecule has 5 nitrogen and oxygen atoms in total. The maximum atomic E-state index is 12.3. The molecule has 144 valence electrons. The summed E-state index contributed by atoms with van der Waals surface area (Å²) in [6, 6.07) is 9.14. The Balaban J connectivity index is 2.53. The Bertz CT molecular complexity index is 608. The smallest absolute Gasteiger partial charge is 0.328 e. The van der Waals surface area contributed by atoms with E-state index in [2.05, 4.69) is 5.32 Å². The highest BCUT2D eigenvalue weighted by Crippen LogP contribution is 2.21. The lowest BCUT2D eigenvalue weighted by atomic mass is 9.84.